The molecular weight excluding hydrogens is 170 g/mol. The highest BCUT2D eigenvalue weighted by molar-refractivity contribution is 5.81. The van der Waals surface area contributed by atoms with Crippen LogP contribution in [0.2, 0.25) is 0 Å². The van der Waals surface area contributed by atoms with Gasteiger partial charge in [-0.3, -0.25) is 0 Å². The first-order valence-electron chi connectivity index (χ1n) is 4.35. The summed E-state index contributed by atoms with van der Waals surface area (Å²) in [6, 6.07) is 0. The largest absolute Gasteiger partial charge is 0.466 e. The van der Waals surface area contributed by atoms with Crippen molar-refractivity contribution in [2.75, 3.05) is 26.8 Å². The van der Waals surface area contributed by atoms with Crippen LogP contribution in [0.4, 0.5) is 0 Å². The summed E-state index contributed by atoms with van der Waals surface area (Å²) in [5.74, 6) is -0.376. The van der Waals surface area contributed by atoms with Gasteiger partial charge >= 0.3 is 5.97 Å². The molecule has 0 fully saturated rings. The van der Waals surface area contributed by atoms with E-state index in [4.69, 9.17) is 5.11 Å². The van der Waals surface area contributed by atoms with Crippen molar-refractivity contribution in [1.82, 2.24) is 4.90 Å². The van der Waals surface area contributed by atoms with E-state index >= 15 is 0 Å². The molecule has 0 aromatic rings. The molecule has 4 nitrogen and oxygen atoms in total. The number of aliphatic hydroxyl groups is 1. The molecule has 13 heavy (non-hydrogen) atoms. The number of methoxy groups -OCH3 is 1. The summed E-state index contributed by atoms with van der Waals surface area (Å²) in [6.07, 6.45) is 3.97. The Morgan fingerprint density at radius 2 is 2.23 bits per heavy atom. The topological polar surface area (TPSA) is 49.8 Å². The number of ether oxygens (including phenoxy) is 1. The molecule has 0 atom stereocenters. The second-order valence-corrected chi connectivity index (χ2v) is 2.60. The zero-order valence-electron chi connectivity index (χ0n) is 8.19. The molecule has 0 aliphatic heterocycles. The molecule has 0 saturated carbocycles. The summed E-state index contributed by atoms with van der Waals surface area (Å²) in [5.41, 5.74) is 0. The highest BCUT2D eigenvalue weighted by Gasteiger charge is 1.97. The second-order valence-electron chi connectivity index (χ2n) is 2.60. The van der Waals surface area contributed by atoms with E-state index in [1.165, 1.54) is 13.2 Å². The normalized spacial score (nSPS) is 10.4. The number of aliphatic hydroxyl groups excluding tert-OH is 1. The van der Waals surface area contributed by atoms with Crippen molar-refractivity contribution in [1.29, 1.82) is 0 Å². The predicted molar refractivity (Wildman–Crippen MR) is 50.1 cm³/mol. The monoisotopic (exact) mass is 187 g/mol. The van der Waals surface area contributed by atoms with E-state index in [1.807, 2.05) is 11.8 Å². The molecule has 76 valence electrons. The van der Waals surface area contributed by atoms with E-state index in [-0.39, 0.29) is 12.6 Å². The van der Waals surface area contributed by atoms with E-state index in [0.29, 0.717) is 6.54 Å². The Balaban J connectivity index is 3.91. The van der Waals surface area contributed by atoms with Crippen LogP contribution in [0.5, 0.6) is 0 Å². The first kappa shape index (κ1) is 12.0. The summed E-state index contributed by atoms with van der Waals surface area (Å²) < 4.78 is 4.44. The van der Waals surface area contributed by atoms with Gasteiger partial charge in [0.1, 0.15) is 0 Å². The Kier molecular flexibility index (Phi) is 7.01. The molecule has 0 heterocycles. The number of hydrogen-bond donors (Lipinski definition) is 1. The van der Waals surface area contributed by atoms with Gasteiger partial charge in [-0.15, -0.1) is 0 Å². The van der Waals surface area contributed by atoms with Gasteiger partial charge < -0.3 is 14.7 Å². The number of carbonyl (C=O) groups excluding carboxylic acids is 1. The maximum Gasteiger partial charge on any atom is 0.331 e. The van der Waals surface area contributed by atoms with Crippen LogP contribution >= 0.6 is 0 Å². The maximum atomic E-state index is 10.7. The van der Waals surface area contributed by atoms with Crippen molar-refractivity contribution >= 4 is 5.97 Å². The van der Waals surface area contributed by atoms with Crippen LogP contribution in [0.15, 0.2) is 12.3 Å². The summed E-state index contributed by atoms with van der Waals surface area (Å²) >= 11 is 0. The van der Waals surface area contributed by atoms with Crippen LogP contribution < -0.4 is 0 Å². The van der Waals surface area contributed by atoms with Gasteiger partial charge in [0.25, 0.3) is 0 Å². The highest BCUT2D eigenvalue weighted by atomic mass is 16.5. The third-order valence-corrected chi connectivity index (χ3v) is 1.52. The predicted octanol–water partition coefficient (Wildman–Crippen LogP) is 0.377. The van der Waals surface area contributed by atoms with Crippen molar-refractivity contribution in [2.24, 2.45) is 0 Å². The van der Waals surface area contributed by atoms with E-state index in [0.717, 1.165) is 13.0 Å². The van der Waals surface area contributed by atoms with Crippen LogP contribution in [0.1, 0.15) is 13.3 Å². The Hall–Kier alpha value is -1.03. The number of nitrogens with zero attached hydrogens (tertiary/aromatic N) is 1. The van der Waals surface area contributed by atoms with Gasteiger partial charge in [0.05, 0.1) is 13.7 Å². The van der Waals surface area contributed by atoms with Gasteiger partial charge in [-0.25, -0.2) is 4.79 Å². The molecule has 0 aliphatic carbocycles. The lowest BCUT2D eigenvalue weighted by atomic mass is 10.4. The van der Waals surface area contributed by atoms with Crippen LogP contribution in [0.25, 0.3) is 0 Å². The first-order valence-corrected chi connectivity index (χ1v) is 4.35. The Bertz CT molecular complexity index is 162. The highest BCUT2D eigenvalue weighted by Crippen LogP contribution is 1.92. The van der Waals surface area contributed by atoms with Crippen molar-refractivity contribution in [3.63, 3.8) is 0 Å². The minimum atomic E-state index is -0.376. The molecule has 0 aromatic carbocycles. The molecule has 1 N–H and O–H groups in total. The fourth-order valence-corrected chi connectivity index (χ4v) is 0.911. The zero-order chi connectivity index (χ0) is 10.1. The molecule has 0 aliphatic rings. The van der Waals surface area contributed by atoms with E-state index in [9.17, 15) is 4.79 Å². The van der Waals surface area contributed by atoms with Crippen LogP contribution in [0.3, 0.4) is 0 Å². The lowest BCUT2D eigenvalue weighted by molar-refractivity contribution is -0.134. The maximum absolute atomic E-state index is 10.7. The quantitative estimate of drug-likeness (QED) is 0.482. The van der Waals surface area contributed by atoms with Gasteiger partial charge in [-0.1, -0.05) is 6.92 Å². The smallest absolute Gasteiger partial charge is 0.331 e. The van der Waals surface area contributed by atoms with Crippen molar-refractivity contribution in [2.45, 2.75) is 13.3 Å². The molecule has 0 radical (unpaired) electrons. The third kappa shape index (κ3) is 6.16. The number of rotatable bonds is 6. The minimum Gasteiger partial charge on any atom is -0.466 e. The summed E-state index contributed by atoms with van der Waals surface area (Å²) in [4.78, 5) is 12.6. The molecule has 0 unspecified atom stereocenters. The molecule has 0 aromatic heterocycles. The lowest BCUT2D eigenvalue weighted by Gasteiger charge is -2.17. The summed E-state index contributed by atoms with van der Waals surface area (Å²) in [6.45, 7) is 3.50. The lowest BCUT2D eigenvalue weighted by Crippen LogP contribution is -2.22. The van der Waals surface area contributed by atoms with Crippen LogP contribution in [0, 0.1) is 0 Å². The SMILES string of the molecule is CCCN(C=CC(=O)OC)CCO. The van der Waals surface area contributed by atoms with Crippen molar-refractivity contribution in [3.8, 4) is 0 Å². The molecule has 0 rings (SSSR count). The van der Waals surface area contributed by atoms with Gasteiger partial charge in [0.2, 0.25) is 0 Å². The van der Waals surface area contributed by atoms with E-state index in [2.05, 4.69) is 4.74 Å². The van der Waals surface area contributed by atoms with E-state index in [1.54, 1.807) is 6.20 Å². The number of carbonyl (C=O) groups is 1. The van der Waals surface area contributed by atoms with Crippen LogP contribution in [-0.2, 0) is 9.53 Å². The Morgan fingerprint density at radius 3 is 2.69 bits per heavy atom. The fourth-order valence-electron chi connectivity index (χ4n) is 0.911. The second kappa shape index (κ2) is 7.61. The average molecular weight is 187 g/mol. The molecule has 0 bridgehead atoms. The van der Waals surface area contributed by atoms with Crippen molar-refractivity contribution in [3.05, 3.63) is 12.3 Å². The Labute approximate surface area is 78.8 Å². The standard InChI is InChI=1S/C9H17NO3/c1-3-5-10(7-8-11)6-4-9(12)13-2/h4,6,11H,3,5,7-8H2,1-2H3. The molecule has 4 heteroatoms. The van der Waals surface area contributed by atoms with Gasteiger partial charge in [-0.05, 0) is 6.42 Å². The fraction of sp³-hybridized carbons (Fsp3) is 0.667. The number of esters is 1. The molecule has 0 amide bonds. The molecule has 0 saturated heterocycles. The minimum absolute atomic E-state index is 0.0888. The number of hydrogen-bond acceptors (Lipinski definition) is 4. The molecular formula is C9H17NO3. The third-order valence-electron chi connectivity index (χ3n) is 1.52. The van der Waals surface area contributed by atoms with Gasteiger partial charge in [-0.2, -0.15) is 0 Å². The van der Waals surface area contributed by atoms with Gasteiger partial charge in [0, 0.05) is 25.4 Å². The van der Waals surface area contributed by atoms with Crippen molar-refractivity contribution < 1.29 is 14.6 Å². The molecule has 0 spiro atoms. The van der Waals surface area contributed by atoms with Crippen LogP contribution in [-0.4, -0.2) is 42.8 Å². The first-order chi connectivity index (χ1) is 6.24. The Morgan fingerprint density at radius 1 is 1.54 bits per heavy atom. The van der Waals surface area contributed by atoms with Gasteiger partial charge in [0.15, 0.2) is 0 Å². The van der Waals surface area contributed by atoms with E-state index < -0.39 is 0 Å². The summed E-state index contributed by atoms with van der Waals surface area (Å²) in [5, 5.41) is 8.69. The average Bonchev–Trinajstić information content (AvgIpc) is 2.14. The summed E-state index contributed by atoms with van der Waals surface area (Å²) in [7, 11) is 1.34. The zero-order valence-corrected chi connectivity index (χ0v) is 8.19.